The number of unbranched alkanes of at least 4 members (excludes halogenated alkanes) is 44. The first kappa shape index (κ1) is 95.1. The molecule has 0 aliphatic carbocycles. The van der Waals surface area contributed by atoms with Crippen molar-refractivity contribution >= 4 is 39.5 Å². The molecular formula is C78H152O17P2. The van der Waals surface area contributed by atoms with Crippen molar-refractivity contribution in [3.63, 3.8) is 0 Å². The van der Waals surface area contributed by atoms with Gasteiger partial charge in [0.25, 0.3) is 0 Å². The molecule has 0 aromatic rings. The Hall–Kier alpha value is -1.94. The van der Waals surface area contributed by atoms with Crippen LogP contribution in [-0.2, 0) is 65.4 Å². The van der Waals surface area contributed by atoms with Gasteiger partial charge < -0.3 is 33.8 Å². The fraction of sp³-hybridized carbons (Fsp3) is 0.949. The third-order valence-corrected chi connectivity index (χ3v) is 20.0. The molecule has 19 heteroatoms. The number of carbonyl (C=O) groups is 4. The highest BCUT2D eigenvalue weighted by Gasteiger charge is 2.30. The van der Waals surface area contributed by atoms with Crippen LogP contribution in [0.3, 0.4) is 0 Å². The van der Waals surface area contributed by atoms with Crippen molar-refractivity contribution in [3.8, 4) is 0 Å². The lowest BCUT2D eigenvalue weighted by molar-refractivity contribution is -0.161. The molecular weight excluding hydrogens is 1270 g/mol. The van der Waals surface area contributed by atoms with Gasteiger partial charge in [0.15, 0.2) is 12.2 Å². The summed E-state index contributed by atoms with van der Waals surface area (Å²) in [6.45, 7) is 11.9. The van der Waals surface area contributed by atoms with Crippen LogP contribution in [0, 0.1) is 17.8 Å². The Labute approximate surface area is 594 Å². The summed E-state index contributed by atoms with van der Waals surface area (Å²) in [5.74, 6) is 0.206. The SMILES string of the molecule is CCCCCCCCCC(=O)OC[C@H](COP(=O)(O)OC[C@H](O)COP(=O)(O)OC[C@@H](COC(=O)CCCCCCCCCCCCCCCCCCC(C)C)OC(=O)CCCCCCCCCCCCCCCCCCCCC(C)C)OC(=O)CCCCCCCCCC(C)C. The second-order valence-electron chi connectivity index (χ2n) is 29.5. The minimum atomic E-state index is -4.96. The third kappa shape index (κ3) is 72.2. The summed E-state index contributed by atoms with van der Waals surface area (Å²) in [7, 11) is -9.91. The number of phosphoric acid groups is 2. The maximum atomic E-state index is 13.1. The zero-order chi connectivity index (χ0) is 71.6. The Morgan fingerprint density at radius 2 is 0.474 bits per heavy atom. The fourth-order valence-corrected chi connectivity index (χ4v) is 13.5. The van der Waals surface area contributed by atoms with E-state index in [2.05, 4.69) is 48.5 Å². The summed E-state index contributed by atoms with van der Waals surface area (Å²) >= 11 is 0. The molecule has 0 saturated heterocycles. The van der Waals surface area contributed by atoms with Gasteiger partial charge in [-0.25, -0.2) is 9.13 Å². The largest absolute Gasteiger partial charge is 0.472 e. The zero-order valence-corrected chi connectivity index (χ0v) is 65.3. The molecule has 2 unspecified atom stereocenters. The molecule has 0 bridgehead atoms. The van der Waals surface area contributed by atoms with E-state index >= 15 is 0 Å². The van der Waals surface area contributed by atoms with Gasteiger partial charge in [-0.15, -0.1) is 0 Å². The monoisotopic (exact) mass is 1420 g/mol. The lowest BCUT2D eigenvalue weighted by Crippen LogP contribution is -2.30. The molecule has 17 nitrogen and oxygen atoms in total. The van der Waals surface area contributed by atoms with Gasteiger partial charge >= 0.3 is 39.5 Å². The van der Waals surface area contributed by atoms with E-state index in [-0.39, 0.29) is 25.7 Å². The highest BCUT2D eigenvalue weighted by atomic mass is 31.2. The number of hydrogen-bond acceptors (Lipinski definition) is 15. The van der Waals surface area contributed by atoms with Gasteiger partial charge in [-0.2, -0.15) is 0 Å². The molecule has 0 aliphatic heterocycles. The normalized spacial score (nSPS) is 14.0. The minimum absolute atomic E-state index is 0.103. The number of esters is 4. The van der Waals surface area contributed by atoms with E-state index < -0.39 is 97.5 Å². The van der Waals surface area contributed by atoms with Gasteiger partial charge in [-0.05, 0) is 43.4 Å². The van der Waals surface area contributed by atoms with Gasteiger partial charge in [-0.1, -0.05) is 350 Å². The number of aliphatic hydroxyl groups is 1. The predicted molar refractivity (Wildman–Crippen MR) is 395 cm³/mol. The van der Waals surface area contributed by atoms with E-state index in [0.717, 1.165) is 115 Å². The topological polar surface area (TPSA) is 237 Å². The van der Waals surface area contributed by atoms with Crippen LogP contribution in [0.15, 0.2) is 0 Å². The molecule has 576 valence electrons. The van der Waals surface area contributed by atoms with E-state index in [1.54, 1.807) is 0 Å². The molecule has 0 amide bonds. The molecule has 0 rings (SSSR count). The van der Waals surface area contributed by atoms with E-state index in [9.17, 15) is 43.2 Å². The Morgan fingerprint density at radius 1 is 0.278 bits per heavy atom. The van der Waals surface area contributed by atoms with Crippen molar-refractivity contribution in [3.05, 3.63) is 0 Å². The summed E-state index contributed by atoms with van der Waals surface area (Å²) < 4.78 is 68.4. The Balaban J connectivity index is 5.15. The molecule has 0 spiro atoms. The first-order chi connectivity index (χ1) is 46.7. The minimum Gasteiger partial charge on any atom is -0.462 e. The van der Waals surface area contributed by atoms with E-state index in [1.165, 1.54) is 199 Å². The number of ether oxygens (including phenoxy) is 4. The number of phosphoric ester groups is 2. The molecule has 0 fully saturated rings. The maximum absolute atomic E-state index is 13.1. The Bertz CT molecular complexity index is 1890. The number of hydrogen-bond donors (Lipinski definition) is 3. The lowest BCUT2D eigenvalue weighted by atomic mass is 10.0. The van der Waals surface area contributed by atoms with Crippen molar-refractivity contribution in [1.29, 1.82) is 0 Å². The van der Waals surface area contributed by atoms with Crippen molar-refractivity contribution < 1.29 is 80.2 Å². The van der Waals surface area contributed by atoms with E-state index in [1.807, 2.05) is 0 Å². The molecule has 5 atom stereocenters. The Morgan fingerprint density at radius 3 is 0.701 bits per heavy atom. The summed E-state index contributed by atoms with van der Waals surface area (Å²) in [4.78, 5) is 72.7. The van der Waals surface area contributed by atoms with Crippen molar-refractivity contribution in [2.45, 2.75) is 420 Å². The molecule has 0 heterocycles. The highest BCUT2D eigenvalue weighted by Crippen LogP contribution is 2.45. The average Bonchev–Trinajstić information content (AvgIpc) is 1.04. The van der Waals surface area contributed by atoms with Crippen molar-refractivity contribution in [1.82, 2.24) is 0 Å². The van der Waals surface area contributed by atoms with E-state index in [4.69, 9.17) is 37.0 Å². The number of carbonyl (C=O) groups excluding carboxylic acids is 4. The summed E-state index contributed by atoms with van der Waals surface area (Å²) in [6, 6.07) is 0. The molecule has 0 radical (unpaired) electrons. The molecule has 0 aromatic carbocycles. The lowest BCUT2D eigenvalue weighted by Gasteiger charge is -2.21. The second-order valence-corrected chi connectivity index (χ2v) is 32.4. The summed E-state index contributed by atoms with van der Waals surface area (Å²) in [5, 5.41) is 10.6. The molecule has 97 heavy (non-hydrogen) atoms. The summed E-state index contributed by atoms with van der Waals surface area (Å²) in [5.41, 5.74) is 0. The summed E-state index contributed by atoms with van der Waals surface area (Å²) in [6.07, 6.45) is 55.9. The average molecular weight is 1420 g/mol. The molecule has 0 saturated carbocycles. The first-order valence-corrected chi connectivity index (χ1v) is 43.3. The van der Waals surface area contributed by atoms with Crippen LogP contribution in [-0.4, -0.2) is 96.7 Å². The maximum Gasteiger partial charge on any atom is 0.472 e. The second kappa shape index (κ2) is 68.5. The predicted octanol–water partition coefficient (Wildman–Crippen LogP) is 23.0. The Kier molecular flexibility index (Phi) is 67.1. The number of aliphatic hydroxyl groups excluding tert-OH is 1. The van der Waals surface area contributed by atoms with E-state index in [0.29, 0.717) is 31.6 Å². The van der Waals surface area contributed by atoms with Crippen LogP contribution in [0.4, 0.5) is 0 Å². The van der Waals surface area contributed by atoms with Crippen LogP contribution in [0.2, 0.25) is 0 Å². The van der Waals surface area contributed by atoms with Gasteiger partial charge in [0.2, 0.25) is 0 Å². The van der Waals surface area contributed by atoms with Crippen LogP contribution in [0.1, 0.15) is 402 Å². The molecule has 3 N–H and O–H groups in total. The molecule has 0 aromatic heterocycles. The molecule has 0 aliphatic rings. The van der Waals surface area contributed by atoms with Crippen LogP contribution >= 0.6 is 15.6 Å². The van der Waals surface area contributed by atoms with Gasteiger partial charge in [0, 0.05) is 25.7 Å². The van der Waals surface area contributed by atoms with Gasteiger partial charge in [0.05, 0.1) is 26.4 Å². The van der Waals surface area contributed by atoms with Crippen LogP contribution < -0.4 is 0 Å². The first-order valence-electron chi connectivity index (χ1n) is 40.3. The van der Waals surface area contributed by atoms with Crippen LogP contribution in [0.25, 0.3) is 0 Å². The fourth-order valence-electron chi connectivity index (χ4n) is 12.0. The zero-order valence-electron chi connectivity index (χ0n) is 63.5. The van der Waals surface area contributed by atoms with Gasteiger partial charge in [-0.3, -0.25) is 37.3 Å². The van der Waals surface area contributed by atoms with Crippen molar-refractivity contribution in [2.75, 3.05) is 39.6 Å². The standard InChI is InChI=1S/C78H152O17P2/c1-8-9-10-11-35-45-52-59-75(80)88-65-73(95-78(83)62-55-48-41-34-38-44-51-58-71(6)7)67-92-96(84,85)90-63-72(79)64-91-97(86,87)93-68-74(66-89-76(81)60-53-46-39-32-28-24-20-17-16-19-23-27-31-37-43-50-57-70(4)5)94-77(82)61-54-47-40-33-29-25-21-15-13-12-14-18-22-26-30-36-42-49-56-69(2)3/h69-74,79H,8-68H2,1-7H3,(H,84,85)(H,86,87)/t72-,73+,74+/m0/s1. The third-order valence-electron chi connectivity index (χ3n) is 18.1. The quantitative estimate of drug-likeness (QED) is 0.0222. The number of rotatable bonds is 76. The van der Waals surface area contributed by atoms with Gasteiger partial charge in [0.1, 0.15) is 19.3 Å². The van der Waals surface area contributed by atoms with Crippen molar-refractivity contribution in [2.24, 2.45) is 17.8 Å². The smallest absolute Gasteiger partial charge is 0.462 e. The van der Waals surface area contributed by atoms with Crippen LogP contribution in [0.5, 0.6) is 0 Å². The highest BCUT2D eigenvalue weighted by molar-refractivity contribution is 7.47.